The molecule has 0 bridgehead atoms. The standard InChI is InChI=1S/C13H19ClN2O2/c1-9(8-18-4)15-12-7-10(14)5-6-11(12)13(17)16(2)3/h5-7,9,15H,8H2,1-4H3. The molecule has 1 amide bonds. The van der Waals surface area contributed by atoms with Crippen LogP contribution in [0.3, 0.4) is 0 Å². The van der Waals surface area contributed by atoms with Crippen molar-refractivity contribution in [1.82, 2.24) is 4.90 Å². The molecule has 1 N–H and O–H groups in total. The van der Waals surface area contributed by atoms with E-state index in [1.165, 1.54) is 4.90 Å². The quantitative estimate of drug-likeness (QED) is 0.894. The van der Waals surface area contributed by atoms with Gasteiger partial charge in [0.25, 0.3) is 5.91 Å². The van der Waals surface area contributed by atoms with Gasteiger partial charge in [0.1, 0.15) is 0 Å². The SMILES string of the molecule is COCC(C)Nc1cc(Cl)ccc1C(=O)N(C)C. The first-order chi connectivity index (χ1) is 8.45. The van der Waals surface area contributed by atoms with Crippen molar-refractivity contribution in [2.75, 3.05) is 33.1 Å². The molecule has 1 atom stereocenters. The van der Waals surface area contributed by atoms with Crippen molar-refractivity contribution in [2.45, 2.75) is 13.0 Å². The van der Waals surface area contributed by atoms with Crippen LogP contribution in [-0.2, 0) is 4.74 Å². The lowest BCUT2D eigenvalue weighted by Gasteiger charge is -2.19. The van der Waals surface area contributed by atoms with Crippen LogP contribution in [0.2, 0.25) is 5.02 Å². The molecular weight excluding hydrogens is 252 g/mol. The van der Waals surface area contributed by atoms with E-state index in [4.69, 9.17) is 16.3 Å². The van der Waals surface area contributed by atoms with Crippen molar-refractivity contribution in [1.29, 1.82) is 0 Å². The maximum Gasteiger partial charge on any atom is 0.255 e. The van der Waals surface area contributed by atoms with E-state index < -0.39 is 0 Å². The van der Waals surface area contributed by atoms with Crippen LogP contribution >= 0.6 is 11.6 Å². The van der Waals surface area contributed by atoms with E-state index in [0.717, 1.165) is 5.69 Å². The maximum absolute atomic E-state index is 12.0. The van der Waals surface area contributed by atoms with Crippen LogP contribution in [0.1, 0.15) is 17.3 Å². The lowest BCUT2D eigenvalue weighted by atomic mass is 10.1. The monoisotopic (exact) mass is 270 g/mol. The van der Waals surface area contributed by atoms with Gasteiger partial charge in [-0.05, 0) is 25.1 Å². The second kappa shape index (κ2) is 6.61. The first-order valence-corrected chi connectivity index (χ1v) is 6.10. The highest BCUT2D eigenvalue weighted by atomic mass is 35.5. The second-order valence-corrected chi connectivity index (χ2v) is 4.83. The molecule has 0 aliphatic carbocycles. The second-order valence-electron chi connectivity index (χ2n) is 4.39. The number of anilines is 1. The van der Waals surface area contributed by atoms with Crippen LogP contribution in [0, 0.1) is 0 Å². The minimum absolute atomic E-state index is 0.0567. The summed E-state index contributed by atoms with van der Waals surface area (Å²) >= 11 is 5.97. The number of nitrogens with one attached hydrogen (secondary N) is 1. The molecule has 100 valence electrons. The molecule has 4 nitrogen and oxygen atoms in total. The number of hydrogen-bond acceptors (Lipinski definition) is 3. The summed E-state index contributed by atoms with van der Waals surface area (Å²) in [7, 11) is 5.08. The molecule has 18 heavy (non-hydrogen) atoms. The molecule has 0 saturated heterocycles. The Hall–Kier alpha value is -1.26. The van der Waals surface area contributed by atoms with E-state index in [1.807, 2.05) is 6.92 Å². The van der Waals surface area contributed by atoms with Crippen molar-refractivity contribution < 1.29 is 9.53 Å². The summed E-state index contributed by atoms with van der Waals surface area (Å²) in [6.07, 6.45) is 0. The summed E-state index contributed by atoms with van der Waals surface area (Å²) in [6, 6.07) is 5.30. The maximum atomic E-state index is 12.0. The van der Waals surface area contributed by atoms with Gasteiger partial charge in [0.2, 0.25) is 0 Å². The fraction of sp³-hybridized carbons (Fsp3) is 0.462. The number of rotatable bonds is 5. The summed E-state index contributed by atoms with van der Waals surface area (Å²) < 4.78 is 5.06. The number of methoxy groups -OCH3 is 1. The zero-order valence-electron chi connectivity index (χ0n) is 11.2. The molecule has 1 aromatic carbocycles. The number of nitrogens with zero attached hydrogens (tertiary/aromatic N) is 1. The molecule has 0 spiro atoms. The third-order valence-electron chi connectivity index (χ3n) is 2.44. The Balaban J connectivity index is 3.00. The molecule has 0 heterocycles. The molecule has 1 aromatic rings. The highest BCUT2D eigenvalue weighted by Crippen LogP contribution is 2.22. The molecule has 0 aromatic heterocycles. The predicted octanol–water partition coefficient (Wildman–Crippen LogP) is 2.49. The Morgan fingerprint density at radius 1 is 1.50 bits per heavy atom. The predicted molar refractivity (Wildman–Crippen MR) is 74.4 cm³/mol. The van der Waals surface area contributed by atoms with Gasteiger partial charge in [0.05, 0.1) is 12.2 Å². The van der Waals surface area contributed by atoms with E-state index in [-0.39, 0.29) is 11.9 Å². The van der Waals surface area contributed by atoms with E-state index >= 15 is 0 Å². The summed E-state index contributed by atoms with van der Waals surface area (Å²) in [4.78, 5) is 13.6. The van der Waals surface area contributed by atoms with Crippen molar-refractivity contribution in [3.63, 3.8) is 0 Å². The number of hydrogen-bond donors (Lipinski definition) is 1. The van der Waals surface area contributed by atoms with Crippen molar-refractivity contribution in [3.05, 3.63) is 28.8 Å². The number of halogens is 1. The van der Waals surface area contributed by atoms with Gasteiger partial charge in [-0.1, -0.05) is 11.6 Å². The van der Waals surface area contributed by atoms with Crippen molar-refractivity contribution in [3.8, 4) is 0 Å². The number of amides is 1. The lowest BCUT2D eigenvalue weighted by Crippen LogP contribution is -2.26. The highest BCUT2D eigenvalue weighted by Gasteiger charge is 2.15. The smallest absolute Gasteiger partial charge is 0.255 e. The number of ether oxygens (including phenoxy) is 1. The topological polar surface area (TPSA) is 41.6 Å². The third kappa shape index (κ3) is 3.89. The van der Waals surface area contributed by atoms with E-state index in [1.54, 1.807) is 39.4 Å². The van der Waals surface area contributed by atoms with Gasteiger partial charge in [-0.3, -0.25) is 4.79 Å². The summed E-state index contributed by atoms with van der Waals surface area (Å²) in [5, 5.41) is 3.83. The minimum Gasteiger partial charge on any atom is -0.383 e. The average molecular weight is 271 g/mol. The van der Waals surface area contributed by atoms with E-state index in [2.05, 4.69) is 5.32 Å². The molecule has 5 heteroatoms. The van der Waals surface area contributed by atoms with Gasteiger partial charge in [-0.15, -0.1) is 0 Å². The summed E-state index contributed by atoms with van der Waals surface area (Å²) in [6.45, 7) is 2.54. The molecule has 0 fully saturated rings. The Kier molecular flexibility index (Phi) is 5.44. The lowest BCUT2D eigenvalue weighted by molar-refractivity contribution is 0.0828. The molecule has 1 rings (SSSR count). The van der Waals surface area contributed by atoms with Crippen molar-refractivity contribution >= 4 is 23.2 Å². The van der Waals surface area contributed by atoms with Gasteiger partial charge >= 0.3 is 0 Å². The van der Waals surface area contributed by atoms with Gasteiger partial charge in [-0.25, -0.2) is 0 Å². The third-order valence-corrected chi connectivity index (χ3v) is 2.67. The zero-order valence-corrected chi connectivity index (χ0v) is 11.9. The van der Waals surface area contributed by atoms with E-state index in [0.29, 0.717) is 17.2 Å². The summed E-state index contributed by atoms with van der Waals surface area (Å²) in [5.74, 6) is -0.0567. The number of carbonyl (C=O) groups is 1. The van der Waals surface area contributed by atoms with Crippen LogP contribution < -0.4 is 5.32 Å². The van der Waals surface area contributed by atoms with Crippen LogP contribution in [-0.4, -0.2) is 44.7 Å². The van der Waals surface area contributed by atoms with Crippen LogP contribution in [0.4, 0.5) is 5.69 Å². The first-order valence-electron chi connectivity index (χ1n) is 5.72. The molecule has 0 saturated carbocycles. The fourth-order valence-electron chi connectivity index (χ4n) is 1.62. The Bertz CT molecular complexity index is 421. The zero-order chi connectivity index (χ0) is 13.7. The fourth-order valence-corrected chi connectivity index (χ4v) is 1.79. The summed E-state index contributed by atoms with van der Waals surface area (Å²) in [5.41, 5.74) is 1.33. The van der Waals surface area contributed by atoms with E-state index in [9.17, 15) is 4.79 Å². The molecule has 1 unspecified atom stereocenters. The van der Waals surface area contributed by atoms with Crippen molar-refractivity contribution in [2.24, 2.45) is 0 Å². The van der Waals surface area contributed by atoms with Gasteiger partial charge in [0.15, 0.2) is 0 Å². The number of benzene rings is 1. The Morgan fingerprint density at radius 2 is 2.17 bits per heavy atom. The van der Waals surface area contributed by atoms with Crippen LogP contribution in [0.5, 0.6) is 0 Å². The van der Waals surface area contributed by atoms with Gasteiger partial charge < -0.3 is 15.0 Å². The highest BCUT2D eigenvalue weighted by molar-refractivity contribution is 6.31. The molecular formula is C13H19ClN2O2. The van der Waals surface area contributed by atoms with Gasteiger partial charge in [-0.2, -0.15) is 0 Å². The first kappa shape index (κ1) is 14.8. The minimum atomic E-state index is -0.0567. The number of carbonyl (C=O) groups excluding carboxylic acids is 1. The molecule has 0 radical (unpaired) electrons. The Labute approximate surface area is 113 Å². The normalized spacial score (nSPS) is 12.1. The Morgan fingerprint density at radius 3 is 2.72 bits per heavy atom. The van der Waals surface area contributed by atoms with Gasteiger partial charge in [0, 0.05) is 38.0 Å². The molecule has 0 aliphatic rings. The van der Waals surface area contributed by atoms with Crippen LogP contribution in [0.25, 0.3) is 0 Å². The largest absolute Gasteiger partial charge is 0.383 e. The average Bonchev–Trinajstić information content (AvgIpc) is 2.28. The molecule has 0 aliphatic heterocycles. The van der Waals surface area contributed by atoms with Crippen LogP contribution in [0.15, 0.2) is 18.2 Å².